The van der Waals surface area contributed by atoms with Crippen LogP contribution in [0.2, 0.25) is 0 Å². The van der Waals surface area contributed by atoms with E-state index in [1.165, 1.54) is 6.42 Å². The van der Waals surface area contributed by atoms with Crippen molar-refractivity contribution in [2.45, 2.75) is 40.5 Å². The molecule has 0 atom stereocenters. The van der Waals surface area contributed by atoms with Crippen LogP contribution < -0.4 is 0 Å². The first-order valence-electron chi connectivity index (χ1n) is 4.17. The molecule has 0 aromatic rings. The summed E-state index contributed by atoms with van der Waals surface area (Å²) in [7, 11) is 0. The summed E-state index contributed by atoms with van der Waals surface area (Å²) in [6.07, 6.45) is 8.13. The summed E-state index contributed by atoms with van der Waals surface area (Å²) in [6.45, 7) is 8.00. The first-order valence-corrected chi connectivity index (χ1v) is 4.17. The first-order chi connectivity index (χ1) is 5.00. The smallest absolute Gasteiger partial charge is 0.0224 e. The van der Waals surface area contributed by atoms with Gasteiger partial charge < -0.3 is 0 Å². The minimum absolute atomic E-state index is 1.12. The highest BCUT2D eigenvalue weighted by Crippen LogP contribution is 1.92. The summed E-state index contributed by atoms with van der Waals surface area (Å²) in [5.74, 6) is 0. The van der Waals surface area contributed by atoms with Crippen molar-refractivity contribution in [2.75, 3.05) is 0 Å². The molecule has 0 saturated carbocycles. The third-order valence-electron chi connectivity index (χ3n) is 0.759. The van der Waals surface area contributed by atoms with E-state index in [9.17, 15) is 0 Å². The van der Waals surface area contributed by atoms with E-state index < -0.39 is 0 Å². The third kappa shape index (κ3) is 10.4. The standard InChI is InChI=1S/C5H7N.2C2H6/c1-2-4-6-5-3-1;2*1-2/h2,4-5H,1,3H2;2*1-2H3. The molecular weight excluding hydrogens is 122 g/mol. The van der Waals surface area contributed by atoms with Gasteiger partial charge in [0.05, 0.1) is 0 Å². The van der Waals surface area contributed by atoms with Crippen molar-refractivity contribution in [2.24, 2.45) is 4.99 Å². The second-order valence-electron chi connectivity index (χ2n) is 1.29. The van der Waals surface area contributed by atoms with E-state index in [-0.39, 0.29) is 0 Å². The molecule has 0 unspecified atom stereocenters. The molecule has 1 heteroatoms. The summed E-state index contributed by atoms with van der Waals surface area (Å²) < 4.78 is 0. The van der Waals surface area contributed by atoms with Crippen LogP contribution in [0.15, 0.2) is 17.3 Å². The SMILES string of the molecule is C1=CN=CCC1.CC.CC. The van der Waals surface area contributed by atoms with Crippen LogP contribution in [0.4, 0.5) is 0 Å². The molecule has 1 heterocycles. The highest BCUT2D eigenvalue weighted by Gasteiger charge is 1.78. The van der Waals surface area contributed by atoms with E-state index in [2.05, 4.69) is 11.1 Å². The first kappa shape index (κ1) is 12.1. The van der Waals surface area contributed by atoms with Gasteiger partial charge in [-0.15, -0.1) is 0 Å². The lowest BCUT2D eigenvalue weighted by Gasteiger charge is -1.87. The monoisotopic (exact) mass is 141 g/mol. The van der Waals surface area contributed by atoms with E-state index in [1.54, 1.807) is 0 Å². The van der Waals surface area contributed by atoms with Crippen LogP contribution in [-0.2, 0) is 0 Å². The van der Waals surface area contributed by atoms with Gasteiger partial charge in [0, 0.05) is 12.4 Å². The van der Waals surface area contributed by atoms with Gasteiger partial charge in [-0.2, -0.15) is 0 Å². The van der Waals surface area contributed by atoms with Crippen molar-refractivity contribution in [3.05, 3.63) is 12.3 Å². The van der Waals surface area contributed by atoms with Crippen molar-refractivity contribution in [3.8, 4) is 0 Å². The van der Waals surface area contributed by atoms with Crippen LogP contribution in [0.1, 0.15) is 40.5 Å². The van der Waals surface area contributed by atoms with Gasteiger partial charge in [-0.05, 0) is 12.8 Å². The molecule has 1 rings (SSSR count). The van der Waals surface area contributed by atoms with Crippen LogP contribution in [0.3, 0.4) is 0 Å². The zero-order chi connectivity index (χ0) is 8.24. The van der Waals surface area contributed by atoms with Gasteiger partial charge in [0.2, 0.25) is 0 Å². The molecule has 10 heavy (non-hydrogen) atoms. The Labute approximate surface area is 64.9 Å². The largest absolute Gasteiger partial charge is 0.269 e. The Morgan fingerprint density at radius 3 is 1.70 bits per heavy atom. The minimum atomic E-state index is 1.12. The molecule has 0 aliphatic carbocycles. The lowest BCUT2D eigenvalue weighted by Crippen LogP contribution is -1.75. The Kier molecular flexibility index (Phi) is 19.1. The van der Waals surface area contributed by atoms with Gasteiger partial charge in [-0.1, -0.05) is 33.8 Å². The Bertz CT molecular complexity index is 70.7. The van der Waals surface area contributed by atoms with Gasteiger partial charge in [0.25, 0.3) is 0 Å². The number of hydrogen-bond donors (Lipinski definition) is 0. The second-order valence-corrected chi connectivity index (χ2v) is 1.29. The molecule has 1 aliphatic rings. The maximum atomic E-state index is 3.87. The minimum Gasteiger partial charge on any atom is -0.269 e. The Balaban J connectivity index is 0. The lowest BCUT2D eigenvalue weighted by molar-refractivity contribution is 1.08. The van der Waals surface area contributed by atoms with E-state index in [0.717, 1.165) is 6.42 Å². The van der Waals surface area contributed by atoms with Crippen molar-refractivity contribution in [3.63, 3.8) is 0 Å². The molecule has 60 valence electrons. The molecule has 0 amide bonds. The summed E-state index contributed by atoms with van der Waals surface area (Å²) in [6, 6.07) is 0. The summed E-state index contributed by atoms with van der Waals surface area (Å²) in [5, 5.41) is 0. The maximum Gasteiger partial charge on any atom is 0.0224 e. The van der Waals surface area contributed by atoms with Gasteiger partial charge in [-0.25, -0.2) is 0 Å². The van der Waals surface area contributed by atoms with Gasteiger partial charge in [-0.3, -0.25) is 4.99 Å². The zero-order valence-electron chi connectivity index (χ0n) is 7.59. The number of nitrogens with zero attached hydrogens (tertiary/aromatic N) is 1. The molecule has 0 N–H and O–H groups in total. The summed E-state index contributed by atoms with van der Waals surface area (Å²) in [4.78, 5) is 3.87. The van der Waals surface area contributed by atoms with Crippen LogP contribution in [0, 0.1) is 0 Å². The van der Waals surface area contributed by atoms with Crippen molar-refractivity contribution in [1.82, 2.24) is 0 Å². The van der Waals surface area contributed by atoms with Gasteiger partial charge in [0.15, 0.2) is 0 Å². The predicted octanol–water partition coefficient (Wildman–Crippen LogP) is 3.42. The van der Waals surface area contributed by atoms with E-state index in [0.29, 0.717) is 0 Å². The van der Waals surface area contributed by atoms with Crippen molar-refractivity contribution in [1.29, 1.82) is 0 Å². The highest BCUT2D eigenvalue weighted by molar-refractivity contribution is 5.59. The van der Waals surface area contributed by atoms with Gasteiger partial charge in [0.1, 0.15) is 0 Å². The van der Waals surface area contributed by atoms with Crippen LogP contribution in [-0.4, -0.2) is 6.21 Å². The topological polar surface area (TPSA) is 12.4 Å². The molecule has 0 radical (unpaired) electrons. The quantitative estimate of drug-likeness (QED) is 0.490. The maximum absolute atomic E-state index is 3.87. The molecule has 0 aromatic heterocycles. The lowest BCUT2D eigenvalue weighted by atomic mass is 10.3. The molecule has 1 nitrogen and oxygen atoms in total. The Morgan fingerprint density at radius 1 is 1.00 bits per heavy atom. The molecule has 0 bridgehead atoms. The average Bonchev–Trinajstić information content (AvgIpc) is 2.14. The van der Waals surface area contributed by atoms with E-state index in [4.69, 9.17) is 0 Å². The number of aliphatic imine (C=N–C) groups is 1. The van der Waals surface area contributed by atoms with Crippen LogP contribution in [0.25, 0.3) is 0 Å². The van der Waals surface area contributed by atoms with Crippen LogP contribution >= 0.6 is 0 Å². The normalized spacial score (nSPS) is 12.4. The number of hydrogen-bond acceptors (Lipinski definition) is 1. The predicted molar refractivity (Wildman–Crippen MR) is 49.6 cm³/mol. The second kappa shape index (κ2) is 15.8. The summed E-state index contributed by atoms with van der Waals surface area (Å²) in [5.41, 5.74) is 0. The number of rotatable bonds is 0. The van der Waals surface area contributed by atoms with E-state index in [1.807, 2.05) is 40.1 Å². The fraction of sp³-hybridized carbons (Fsp3) is 0.667. The molecule has 1 aliphatic heterocycles. The molecule has 0 spiro atoms. The molecule has 0 fully saturated rings. The van der Waals surface area contributed by atoms with Crippen molar-refractivity contribution < 1.29 is 0 Å². The van der Waals surface area contributed by atoms with Crippen molar-refractivity contribution >= 4 is 6.21 Å². The Hall–Kier alpha value is -0.590. The Morgan fingerprint density at radius 2 is 1.60 bits per heavy atom. The van der Waals surface area contributed by atoms with Crippen LogP contribution in [0.5, 0.6) is 0 Å². The zero-order valence-corrected chi connectivity index (χ0v) is 7.59. The van der Waals surface area contributed by atoms with Gasteiger partial charge >= 0.3 is 0 Å². The average molecular weight is 141 g/mol. The molecule has 0 saturated heterocycles. The molecule has 0 aromatic carbocycles. The van der Waals surface area contributed by atoms with E-state index >= 15 is 0 Å². The number of allylic oxidation sites excluding steroid dienone is 1. The third-order valence-corrected chi connectivity index (χ3v) is 0.759. The fourth-order valence-electron chi connectivity index (χ4n) is 0.442. The fourth-order valence-corrected chi connectivity index (χ4v) is 0.442. The highest BCUT2D eigenvalue weighted by atomic mass is 14.7. The summed E-state index contributed by atoms with van der Waals surface area (Å²) >= 11 is 0. The molecular formula is C9H19N.